The van der Waals surface area contributed by atoms with Crippen LogP contribution in [0, 0.1) is 0 Å². The average molecular weight is 220 g/mol. The summed E-state index contributed by atoms with van der Waals surface area (Å²) in [7, 11) is 2.13. The van der Waals surface area contributed by atoms with E-state index in [1.807, 2.05) is 6.20 Å². The van der Waals surface area contributed by atoms with Crippen LogP contribution in [-0.4, -0.2) is 47.7 Å². The normalized spacial score (nSPS) is 21.3. The molecule has 0 saturated carbocycles. The van der Waals surface area contributed by atoms with Crippen molar-refractivity contribution in [2.24, 2.45) is 0 Å². The first kappa shape index (κ1) is 9.99. The summed E-state index contributed by atoms with van der Waals surface area (Å²) >= 11 is 0. The Hall–Kier alpha value is -1.20. The Balaban J connectivity index is 1.76. The summed E-state index contributed by atoms with van der Waals surface area (Å²) in [5, 5.41) is 3.28. The molecular formula is C11H16N4O. The van der Waals surface area contributed by atoms with E-state index in [4.69, 9.17) is 4.74 Å². The highest BCUT2D eigenvalue weighted by molar-refractivity contribution is 5.32. The number of nitrogens with one attached hydrogen (secondary N) is 1. The topological polar surface area (TPSA) is 50.3 Å². The quantitative estimate of drug-likeness (QED) is 0.775. The van der Waals surface area contributed by atoms with Gasteiger partial charge in [0.2, 0.25) is 5.95 Å². The molecule has 86 valence electrons. The Morgan fingerprint density at radius 3 is 3.12 bits per heavy atom. The van der Waals surface area contributed by atoms with Crippen LogP contribution in [0.3, 0.4) is 0 Å². The molecule has 1 N–H and O–H groups in total. The number of anilines is 1. The smallest absolute Gasteiger partial charge is 0.223 e. The minimum absolute atomic E-state index is 0.393. The van der Waals surface area contributed by atoms with Gasteiger partial charge in [-0.25, -0.2) is 9.97 Å². The van der Waals surface area contributed by atoms with Crippen molar-refractivity contribution in [1.82, 2.24) is 14.9 Å². The van der Waals surface area contributed by atoms with Crippen LogP contribution in [0.25, 0.3) is 0 Å². The minimum atomic E-state index is 0.393. The first-order valence-corrected chi connectivity index (χ1v) is 5.69. The van der Waals surface area contributed by atoms with Gasteiger partial charge in [-0.1, -0.05) is 0 Å². The van der Waals surface area contributed by atoms with Crippen molar-refractivity contribution in [3.63, 3.8) is 0 Å². The van der Waals surface area contributed by atoms with Gasteiger partial charge < -0.3 is 15.0 Å². The summed E-state index contributed by atoms with van der Waals surface area (Å²) in [6, 6.07) is 0.393. The van der Waals surface area contributed by atoms with Gasteiger partial charge in [0.15, 0.2) is 0 Å². The zero-order valence-corrected chi connectivity index (χ0v) is 9.44. The number of nitrogens with zero attached hydrogens (tertiary/aromatic N) is 3. The molecule has 2 aliphatic rings. The van der Waals surface area contributed by atoms with Crippen LogP contribution in [0.5, 0.6) is 0 Å². The van der Waals surface area contributed by atoms with E-state index in [-0.39, 0.29) is 0 Å². The molecule has 2 aliphatic heterocycles. The van der Waals surface area contributed by atoms with Gasteiger partial charge in [-0.15, -0.1) is 0 Å². The summed E-state index contributed by atoms with van der Waals surface area (Å²) in [5.74, 6) is 0.747. The SMILES string of the molecule is CN1CCc2nc(NC3COC3)ncc2C1. The molecule has 0 radical (unpaired) electrons. The van der Waals surface area contributed by atoms with Crippen LogP contribution in [0.2, 0.25) is 0 Å². The molecule has 0 atom stereocenters. The molecule has 0 spiro atoms. The molecule has 1 aromatic heterocycles. The number of hydrogen-bond donors (Lipinski definition) is 1. The summed E-state index contributed by atoms with van der Waals surface area (Å²) < 4.78 is 5.11. The third kappa shape index (κ3) is 1.88. The largest absolute Gasteiger partial charge is 0.377 e. The van der Waals surface area contributed by atoms with E-state index in [2.05, 4.69) is 27.2 Å². The van der Waals surface area contributed by atoms with Crippen molar-refractivity contribution >= 4 is 5.95 Å². The van der Waals surface area contributed by atoms with Crippen molar-refractivity contribution < 1.29 is 4.74 Å². The van der Waals surface area contributed by atoms with Crippen molar-refractivity contribution in [1.29, 1.82) is 0 Å². The average Bonchev–Trinajstić information content (AvgIpc) is 2.23. The second kappa shape index (κ2) is 3.99. The lowest BCUT2D eigenvalue weighted by molar-refractivity contribution is 0.0207. The first-order chi connectivity index (χ1) is 7.81. The van der Waals surface area contributed by atoms with Gasteiger partial charge in [0.25, 0.3) is 0 Å². The van der Waals surface area contributed by atoms with Crippen molar-refractivity contribution in [2.45, 2.75) is 19.0 Å². The van der Waals surface area contributed by atoms with E-state index in [1.54, 1.807) is 0 Å². The van der Waals surface area contributed by atoms with Crippen molar-refractivity contribution in [2.75, 3.05) is 32.1 Å². The standard InChI is InChI=1S/C11H16N4O/c1-15-3-2-10-8(5-15)4-12-11(14-10)13-9-6-16-7-9/h4,9H,2-3,5-7H2,1H3,(H,12,13,14). The second-order valence-electron chi connectivity index (χ2n) is 4.53. The highest BCUT2D eigenvalue weighted by atomic mass is 16.5. The summed E-state index contributed by atoms with van der Waals surface area (Å²) in [6.45, 7) is 3.57. The molecule has 1 fully saturated rings. The Labute approximate surface area is 94.8 Å². The van der Waals surface area contributed by atoms with Gasteiger partial charge in [-0.3, -0.25) is 0 Å². The third-order valence-corrected chi connectivity index (χ3v) is 3.10. The molecule has 16 heavy (non-hydrogen) atoms. The fraction of sp³-hybridized carbons (Fsp3) is 0.636. The van der Waals surface area contributed by atoms with Crippen molar-refractivity contribution in [3.05, 3.63) is 17.5 Å². The molecule has 5 heteroatoms. The molecule has 0 unspecified atom stereocenters. The lowest BCUT2D eigenvalue weighted by Gasteiger charge is -2.28. The van der Waals surface area contributed by atoms with Crippen LogP contribution in [0.1, 0.15) is 11.3 Å². The summed E-state index contributed by atoms with van der Waals surface area (Å²) in [5.41, 5.74) is 2.44. The van der Waals surface area contributed by atoms with E-state index >= 15 is 0 Å². The van der Waals surface area contributed by atoms with Gasteiger partial charge in [0.05, 0.1) is 24.9 Å². The van der Waals surface area contributed by atoms with E-state index < -0.39 is 0 Å². The van der Waals surface area contributed by atoms with Crippen LogP contribution >= 0.6 is 0 Å². The molecule has 0 amide bonds. The molecule has 0 aromatic carbocycles. The fourth-order valence-electron chi connectivity index (χ4n) is 2.03. The first-order valence-electron chi connectivity index (χ1n) is 5.69. The van der Waals surface area contributed by atoms with Gasteiger partial charge in [0.1, 0.15) is 0 Å². The monoisotopic (exact) mass is 220 g/mol. The molecule has 1 saturated heterocycles. The van der Waals surface area contributed by atoms with Gasteiger partial charge in [-0.2, -0.15) is 0 Å². The lowest BCUT2D eigenvalue weighted by Crippen LogP contribution is -2.41. The number of likely N-dealkylation sites (N-methyl/N-ethyl adjacent to an activating group) is 1. The molecule has 3 heterocycles. The number of fused-ring (bicyclic) bond motifs is 1. The Bertz CT molecular complexity index is 392. The van der Waals surface area contributed by atoms with E-state index in [1.165, 1.54) is 11.3 Å². The predicted octanol–water partition coefficient (Wildman–Crippen LogP) is 0.275. The Morgan fingerprint density at radius 1 is 1.50 bits per heavy atom. The van der Waals surface area contributed by atoms with E-state index in [9.17, 15) is 0 Å². The van der Waals surface area contributed by atoms with E-state index in [0.29, 0.717) is 6.04 Å². The zero-order chi connectivity index (χ0) is 11.0. The summed E-state index contributed by atoms with van der Waals surface area (Å²) in [6.07, 6.45) is 2.96. The fourth-order valence-corrected chi connectivity index (χ4v) is 2.03. The van der Waals surface area contributed by atoms with Gasteiger partial charge in [0, 0.05) is 31.3 Å². The zero-order valence-electron chi connectivity index (χ0n) is 9.44. The molecule has 1 aromatic rings. The summed E-state index contributed by atoms with van der Waals surface area (Å²) in [4.78, 5) is 11.2. The van der Waals surface area contributed by atoms with Crippen molar-refractivity contribution in [3.8, 4) is 0 Å². The molecule has 3 rings (SSSR count). The van der Waals surface area contributed by atoms with Crippen LogP contribution in [0.4, 0.5) is 5.95 Å². The molecule has 5 nitrogen and oxygen atoms in total. The van der Waals surface area contributed by atoms with Gasteiger partial charge >= 0.3 is 0 Å². The third-order valence-electron chi connectivity index (χ3n) is 3.10. The van der Waals surface area contributed by atoms with Gasteiger partial charge in [-0.05, 0) is 7.05 Å². The second-order valence-corrected chi connectivity index (χ2v) is 4.53. The number of hydrogen-bond acceptors (Lipinski definition) is 5. The molecular weight excluding hydrogens is 204 g/mol. The van der Waals surface area contributed by atoms with Crippen LogP contribution in [0.15, 0.2) is 6.20 Å². The molecule has 0 bridgehead atoms. The highest BCUT2D eigenvalue weighted by Gasteiger charge is 2.20. The number of rotatable bonds is 2. The maximum Gasteiger partial charge on any atom is 0.223 e. The lowest BCUT2D eigenvalue weighted by atomic mass is 10.1. The molecule has 0 aliphatic carbocycles. The minimum Gasteiger partial charge on any atom is -0.377 e. The maximum atomic E-state index is 5.11. The maximum absolute atomic E-state index is 5.11. The highest BCUT2D eigenvalue weighted by Crippen LogP contribution is 2.17. The van der Waals surface area contributed by atoms with E-state index in [0.717, 1.165) is 38.7 Å². The number of ether oxygens (including phenoxy) is 1. The number of aromatic nitrogens is 2. The Morgan fingerprint density at radius 2 is 2.38 bits per heavy atom. The Kier molecular flexibility index (Phi) is 2.49. The van der Waals surface area contributed by atoms with Crippen LogP contribution < -0.4 is 5.32 Å². The van der Waals surface area contributed by atoms with Crippen LogP contribution in [-0.2, 0) is 17.7 Å². The predicted molar refractivity (Wildman–Crippen MR) is 60.3 cm³/mol.